The van der Waals surface area contributed by atoms with E-state index < -0.39 is 0 Å². The van der Waals surface area contributed by atoms with Gasteiger partial charge in [-0.05, 0) is 23.0 Å². The molecular weight excluding hydrogens is 194 g/mol. The highest BCUT2D eigenvalue weighted by Crippen LogP contribution is 2.31. The first kappa shape index (κ1) is 12.6. The molecule has 16 heavy (non-hydrogen) atoms. The summed E-state index contributed by atoms with van der Waals surface area (Å²) in [5.41, 5.74) is 3.92. The summed E-state index contributed by atoms with van der Waals surface area (Å²) in [6.07, 6.45) is 5.32. The highest BCUT2D eigenvalue weighted by molar-refractivity contribution is 5.60. The van der Waals surface area contributed by atoms with Gasteiger partial charge in [-0.2, -0.15) is 0 Å². The summed E-state index contributed by atoms with van der Waals surface area (Å²) in [7, 11) is 0. The van der Waals surface area contributed by atoms with E-state index in [1.807, 2.05) is 0 Å². The van der Waals surface area contributed by atoms with E-state index in [1.165, 1.54) is 16.8 Å². The van der Waals surface area contributed by atoms with Gasteiger partial charge in [-0.1, -0.05) is 51.8 Å². The largest absolute Gasteiger partial charge is 0.374 e. The second kappa shape index (κ2) is 5.61. The van der Waals surface area contributed by atoms with Crippen LogP contribution in [0.4, 0.5) is 5.69 Å². The number of benzene rings is 1. The normalized spacial score (nSPS) is 10.6. The second-order valence-electron chi connectivity index (χ2n) is 4.68. The number of nitrogens with one attached hydrogen (secondary N) is 1. The van der Waals surface area contributed by atoms with E-state index in [9.17, 15) is 0 Å². The van der Waals surface area contributed by atoms with Crippen molar-refractivity contribution >= 4 is 5.69 Å². The van der Waals surface area contributed by atoms with Crippen molar-refractivity contribution in [1.82, 2.24) is 0 Å². The standard InChI is InChI=1S/C15H21N/c1-6-10-16-15-13(11(2)3)8-7-9-14(15)12(4)5/h1,7-9,11-12,16H,10H2,2-5H3. The molecule has 0 aliphatic rings. The zero-order valence-electron chi connectivity index (χ0n) is 10.7. The lowest BCUT2D eigenvalue weighted by Crippen LogP contribution is -2.07. The predicted molar refractivity (Wildman–Crippen MR) is 71.9 cm³/mol. The van der Waals surface area contributed by atoms with Crippen molar-refractivity contribution in [3.8, 4) is 12.3 Å². The summed E-state index contributed by atoms with van der Waals surface area (Å²) < 4.78 is 0. The number of hydrogen-bond acceptors (Lipinski definition) is 1. The molecule has 0 radical (unpaired) electrons. The molecule has 0 aromatic heterocycles. The number of para-hydroxylation sites is 1. The van der Waals surface area contributed by atoms with Gasteiger partial charge < -0.3 is 5.32 Å². The monoisotopic (exact) mass is 215 g/mol. The van der Waals surface area contributed by atoms with Crippen LogP contribution >= 0.6 is 0 Å². The molecule has 0 amide bonds. The van der Waals surface area contributed by atoms with Crippen molar-refractivity contribution < 1.29 is 0 Å². The maximum Gasteiger partial charge on any atom is 0.0763 e. The Labute approximate surface area is 99.3 Å². The molecule has 0 heterocycles. The minimum atomic E-state index is 0.513. The van der Waals surface area contributed by atoms with E-state index in [2.05, 4.69) is 57.1 Å². The fourth-order valence-corrected chi connectivity index (χ4v) is 1.89. The molecular formula is C15H21N. The van der Waals surface area contributed by atoms with E-state index in [-0.39, 0.29) is 0 Å². The van der Waals surface area contributed by atoms with Gasteiger partial charge in [0.2, 0.25) is 0 Å². The topological polar surface area (TPSA) is 12.0 Å². The summed E-state index contributed by atoms with van der Waals surface area (Å²) in [6.45, 7) is 9.42. The maximum atomic E-state index is 5.32. The molecule has 0 aliphatic heterocycles. The third-order valence-corrected chi connectivity index (χ3v) is 2.74. The minimum Gasteiger partial charge on any atom is -0.374 e. The van der Waals surface area contributed by atoms with Gasteiger partial charge in [0, 0.05) is 5.69 Å². The van der Waals surface area contributed by atoms with Crippen LogP contribution in [0.5, 0.6) is 0 Å². The summed E-state index contributed by atoms with van der Waals surface area (Å²) in [6, 6.07) is 6.48. The molecule has 0 fully saturated rings. The van der Waals surface area contributed by atoms with Crippen LogP contribution in [-0.2, 0) is 0 Å². The number of terminal acetylenes is 1. The lowest BCUT2D eigenvalue weighted by Gasteiger charge is -2.19. The van der Waals surface area contributed by atoms with Crippen molar-refractivity contribution in [2.45, 2.75) is 39.5 Å². The number of anilines is 1. The predicted octanol–water partition coefficient (Wildman–Crippen LogP) is 3.98. The van der Waals surface area contributed by atoms with Crippen molar-refractivity contribution in [3.63, 3.8) is 0 Å². The zero-order valence-corrected chi connectivity index (χ0v) is 10.7. The number of hydrogen-bond donors (Lipinski definition) is 1. The van der Waals surface area contributed by atoms with E-state index >= 15 is 0 Å². The molecule has 1 rings (SSSR count). The number of rotatable bonds is 4. The first-order chi connectivity index (χ1) is 7.57. The molecule has 0 spiro atoms. The molecule has 1 N–H and O–H groups in total. The third-order valence-electron chi connectivity index (χ3n) is 2.74. The molecule has 86 valence electrons. The Morgan fingerprint density at radius 2 is 1.62 bits per heavy atom. The average molecular weight is 215 g/mol. The van der Waals surface area contributed by atoms with Crippen molar-refractivity contribution in [2.24, 2.45) is 0 Å². The van der Waals surface area contributed by atoms with Gasteiger partial charge in [-0.25, -0.2) is 0 Å². The molecule has 1 heteroatoms. The quantitative estimate of drug-likeness (QED) is 0.749. The maximum absolute atomic E-state index is 5.32. The third kappa shape index (κ3) is 2.79. The molecule has 1 nitrogen and oxygen atoms in total. The Balaban J connectivity index is 3.19. The molecule has 0 bridgehead atoms. The van der Waals surface area contributed by atoms with Crippen LogP contribution in [0.1, 0.15) is 50.7 Å². The fraction of sp³-hybridized carbons (Fsp3) is 0.467. The fourth-order valence-electron chi connectivity index (χ4n) is 1.89. The Morgan fingerprint density at radius 1 is 1.12 bits per heavy atom. The highest BCUT2D eigenvalue weighted by atomic mass is 14.9. The SMILES string of the molecule is C#CCNc1c(C(C)C)cccc1C(C)C. The van der Waals surface area contributed by atoms with Gasteiger partial charge in [0.25, 0.3) is 0 Å². The molecule has 1 aromatic carbocycles. The Hall–Kier alpha value is -1.42. The molecule has 0 unspecified atom stereocenters. The smallest absolute Gasteiger partial charge is 0.0763 e. The molecule has 0 atom stereocenters. The van der Waals surface area contributed by atoms with Crippen LogP contribution in [0.15, 0.2) is 18.2 Å². The van der Waals surface area contributed by atoms with Crippen LogP contribution in [0.3, 0.4) is 0 Å². The molecule has 0 aliphatic carbocycles. The van der Waals surface area contributed by atoms with Gasteiger partial charge in [-0.15, -0.1) is 6.42 Å². The average Bonchev–Trinajstić information content (AvgIpc) is 2.25. The van der Waals surface area contributed by atoms with Crippen LogP contribution in [0, 0.1) is 12.3 Å². The Kier molecular flexibility index (Phi) is 4.43. The van der Waals surface area contributed by atoms with Crippen LogP contribution in [-0.4, -0.2) is 6.54 Å². The summed E-state index contributed by atoms with van der Waals surface area (Å²) in [4.78, 5) is 0. The van der Waals surface area contributed by atoms with Crippen LogP contribution in [0.25, 0.3) is 0 Å². The Bertz CT molecular complexity index is 357. The molecule has 1 aromatic rings. The summed E-state index contributed by atoms with van der Waals surface area (Å²) in [5, 5.41) is 3.36. The van der Waals surface area contributed by atoms with Gasteiger partial charge >= 0.3 is 0 Å². The lowest BCUT2D eigenvalue weighted by molar-refractivity contribution is 0.836. The first-order valence-electron chi connectivity index (χ1n) is 5.88. The van der Waals surface area contributed by atoms with E-state index in [0.29, 0.717) is 18.4 Å². The lowest BCUT2D eigenvalue weighted by atomic mass is 9.92. The van der Waals surface area contributed by atoms with Gasteiger partial charge in [-0.3, -0.25) is 0 Å². The Morgan fingerprint density at radius 3 is 2.00 bits per heavy atom. The summed E-state index contributed by atoms with van der Waals surface area (Å²) >= 11 is 0. The van der Waals surface area contributed by atoms with Crippen LogP contribution in [0.2, 0.25) is 0 Å². The molecule has 0 saturated heterocycles. The van der Waals surface area contributed by atoms with Gasteiger partial charge in [0.1, 0.15) is 0 Å². The van der Waals surface area contributed by atoms with Crippen LogP contribution < -0.4 is 5.32 Å². The van der Waals surface area contributed by atoms with E-state index in [0.717, 1.165) is 0 Å². The van der Waals surface area contributed by atoms with E-state index in [1.54, 1.807) is 0 Å². The van der Waals surface area contributed by atoms with Crippen molar-refractivity contribution in [2.75, 3.05) is 11.9 Å². The highest BCUT2D eigenvalue weighted by Gasteiger charge is 2.12. The van der Waals surface area contributed by atoms with Crippen molar-refractivity contribution in [1.29, 1.82) is 0 Å². The molecule has 0 saturated carbocycles. The van der Waals surface area contributed by atoms with E-state index in [4.69, 9.17) is 6.42 Å². The minimum absolute atomic E-state index is 0.513. The van der Waals surface area contributed by atoms with Gasteiger partial charge in [0.15, 0.2) is 0 Å². The van der Waals surface area contributed by atoms with Gasteiger partial charge in [0.05, 0.1) is 6.54 Å². The summed E-state index contributed by atoms with van der Waals surface area (Å²) in [5.74, 6) is 3.66. The first-order valence-corrected chi connectivity index (χ1v) is 5.88. The second-order valence-corrected chi connectivity index (χ2v) is 4.68. The zero-order chi connectivity index (χ0) is 12.1. The van der Waals surface area contributed by atoms with Crippen molar-refractivity contribution in [3.05, 3.63) is 29.3 Å².